The predicted octanol–water partition coefficient (Wildman–Crippen LogP) is 4.06. The molecule has 1 saturated heterocycles. The molecule has 1 aliphatic heterocycles. The molecule has 3 heterocycles. The minimum absolute atomic E-state index is 0.217. The maximum absolute atomic E-state index is 12.3. The van der Waals surface area contributed by atoms with Crippen LogP contribution in [0, 0.1) is 0 Å². The molecule has 0 aliphatic carbocycles. The minimum Gasteiger partial charge on any atom is -0.463 e. The van der Waals surface area contributed by atoms with E-state index < -0.39 is 6.36 Å². The summed E-state index contributed by atoms with van der Waals surface area (Å²) in [5.74, 6) is 0.208. The number of amides is 1. The van der Waals surface area contributed by atoms with Crippen LogP contribution in [-0.2, 0) is 11.3 Å². The number of ether oxygens (including phenoxy) is 1. The number of nitrogens with one attached hydrogen (secondary N) is 1. The van der Waals surface area contributed by atoms with Gasteiger partial charge in [0, 0.05) is 37.2 Å². The van der Waals surface area contributed by atoms with E-state index in [0.29, 0.717) is 5.69 Å². The van der Waals surface area contributed by atoms with Crippen molar-refractivity contribution in [3.63, 3.8) is 0 Å². The van der Waals surface area contributed by atoms with Crippen LogP contribution in [-0.4, -0.2) is 59.8 Å². The molecule has 0 spiro atoms. The topological polar surface area (TPSA) is 70.8 Å². The largest absolute Gasteiger partial charge is 0.573 e. The van der Waals surface area contributed by atoms with E-state index in [9.17, 15) is 18.0 Å². The van der Waals surface area contributed by atoms with Crippen molar-refractivity contribution >= 4 is 22.9 Å². The van der Waals surface area contributed by atoms with Gasteiger partial charge in [-0.3, -0.25) is 14.6 Å². The Morgan fingerprint density at radius 1 is 1.12 bits per heavy atom. The molecule has 2 aromatic heterocycles. The predicted molar refractivity (Wildman–Crippen MR) is 113 cm³/mol. The summed E-state index contributed by atoms with van der Waals surface area (Å²) in [6.45, 7) is 4.07. The fourth-order valence-corrected chi connectivity index (χ4v) is 4.19. The van der Waals surface area contributed by atoms with Gasteiger partial charge in [-0.15, -0.1) is 24.5 Å². The van der Waals surface area contributed by atoms with Crippen molar-refractivity contribution in [1.29, 1.82) is 0 Å². The van der Waals surface area contributed by atoms with Crippen molar-refractivity contribution in [3.05, 3.63) is 53.0 Å². The van der Waals surface area contributed by atoms with Gasteiger partial charge in [0.1, 0.15) is 16.5 Å². The number of rotatable bonds is 7. The molecule has 1 fully saturated rings. The van der Waals surface area contributed by atoms with Crippen molar-refractivity contribution in [2.24, 2.45) is 0 Å². The average Bonchev–Trinajstić information content (AvgIpc) is 3.42. The fraction of sp³-hybridized carbons (Fsp3) is 0.333. The van der Waals surface area contributed by atoms with Crippen molar-refractivity contribution < 1.29 is 27.1 Å². The Morgan fingerprint density at radius 2 is 1.84 bits per heavy atom. The molecular formula is C21H21F3N4O3S. The van der Waals surface area contributed by atoms with Crippen molar-refractivity contribution in [1.82, 2.24) is 14.8 Å². The summed E-state index contributed by atoms with van der Waals surface area (Å²) in [5, 5.41) is 5.70. The summed E-state index contributed by atoms with van der Waals surface area (Å²) in [5.41, 5.74) is 1.25. The van der Waals surface area contributed by atoms with Crippen LogP contribution in [0.4, 0.5) is 18.9 Å². The van der Waals surface area contributed by atoms with E-state index in [1.165, 1.54) is 12.1 Å². The first-order valence-electron chi connectivity index (χ1n) is 9.93. The van der Waals surface area contributed by atoms with Gasteiger partial charge in [-0.25, -0.2) is 4.98 Å². The third-order valence-electron chi connectivity index (χ3n) is 4.89. The van der Waals surface area contributed by atoms with Gasteiger partial charge in [-0.2, -0.15) is 0 Å². The van der Waals surface area contributed by atoms with Gasteiger partial charge >= 0.3 is 6.36 Å². The number of carbonyl (C=O) groups excluding carboxylic acids is 1. The van der Waals surface area contributed by atoms with Gasteiger partial charge in [0.15, 0.2) is 5.76 Å². The Hall–Kier alpha value is -2.89. The molecule has 7 nitrogen and oxygen atoms in total. The number of piperazine rings is 1. The van der Waals surface area contributed by atoms with Gasteiger partial charge in [-0.1, -0.05) is 0 Å². The van der Waals surface area contributed by atoms with Crippen molar-refractivity contribution in [2.45, 2.75) is 12.9 Å². The number of hydrogen-bond donors (Lipinski definition) is 1. The lowest BCUT2D eigenvalue weighted by atomic mass is 10.3. The Balaban J connectivity index is 1.20. The standard InChI is InChI=1S/C21H21F3N4O3S/c22-21(23,24)31-16-5-3-15(4-6-16)25-19(29)12-27-7-9-28(10-8-27)13-20-26-17(14-32-20)18-2-1-11-30-18/h1-6,11,14H,7-10,12-13H2,(H,25,29). The van der Waals surface area contributed by atoms with E-state index >= 15 is 0 Å². The van der Waals surface area contributed by atoms with E-state index in [4.69, 9.17) is 4.42 Å². The highest BCUT2D eigenvalue weighted by Gasteiger charge is 2.31. The lowest BCUT2D eigenvalue weighted by Gasteiger charge is -2.33. The Kier molecular flexibility index (Phi) is 6.77. The quantitative estimate of drug-likeness (QED) is 0.567. The zero-order chi connectivity index (χ0) is 22.6. The van der Waals surface area contributed by atoms with Gasteiger partial charge < -0.3 is 14.5 Å². The summed E-state index contributed by atoms with van der Waals surface area (Å²) < 4.78 is 45.8. The molecular weight excluding hydrogens is 445 g/mol. The average molecular weight is 466 g/mol. The number of furan rings is 1. The molecule has 4 rings (SSSR count). The molecule has 0 bridgehead atoms. The van der Waals surface area contributed by atoms with Crippen LogP contribution in [0.25, 0.3) is 11.5 Å². The van der Waals surface area contributed by atoms with Crippen LogP contribution in [0.2, 0.25) is 0 Å². The molecule has 0 saturated carbocycles. The number of halogens is 3. The lowest BCUT2D eigenvalue weighted by Crippen LogP contribution is -2.48. The van der Waals surface area contributed by atoms with Gasteiger partial charge in [-0.05, 0) is 36.4 Å². The van der Waals surface area contributed by atoms with Gasteiger partial charge in [0.05, 0.1) is 19.4 Å². The summed E-state index contributed by atoms with van der Waals surface area (Å²) in [6, 6.07) is 8.80. The number of benzene rings is 1. The molecule has 11 heteroatoms. The zero-order valence-corrected chi connectivity index (χ0v) is 17.8. The van der Waals surface area contributed by atoms with E-state index in [0.717, 1.165) is 61.3 Å². The zero-order valence-electron chi connectivity index (χ0n) is 17.0. The SMILES string of the molecule is O=C(CN1CCN(Cc2nc(-c3ccco3)cs2)CC1)Nc1ccc(OC(F)(F)F)cc1. The van der Waals surface area contributed by atoms with E-state index in [1.807, 2.05) is 22.4 Å². The molecule has 170 valence electrons. The number of aromatic nitrogens is 1. The number of alkyl halides is 3. The highest BCUT2D eigenvalue weighted by atomic mass is 32.1. The Bertz CT molecular complexity index is 1010. The summed E-state index contributed by atoms with van der Waals surface area (Å²) >= 11 is 1.60. The smallest absolute Gasteiger partial charge is 0.463 e. The number of thiazole rings is 1. The second-order valence-corrected chi connectivity index (χ2v) is 8.22. The molecule has 1 amide bonds. The van der Waals surface area contributed by atoms with Crippen LogP contribution in [0.5, 0.6) is 5.75 Å². The van der Waals surface area contributed by atoms with Gasteiger partial charge in [0.25, 0.3) is 0 Å². The van der Waals surface area contributed by atoms with Crippen molar-refractivity contribution in [2.75, 3.05) is 38.0 Å². The third-order valence-corrected chi connectivity index (χ3v) is 5.72. The fourth-order valence-electron chi connectivity index (χ4n) is 3.36. The van der Waals surface area contributed by atoms with Crippen LogP contribution in [0.15, 0.2) is 52.5 Å². The summed E-state index contributed by atoms with van der Waals surface area (Å²) in [6.07, 6.45) is -3.12. The molecule has 0 radical (unpaired) electrons. The number of nitrogens with zero attached hydrogens (tertiary/aromatic N) is 3. The molecule has 1 N–H and O–H groups in total. The molecule has 0 unspecified atom stereocenters. The third kappa shape index (κ3) is 6.31. The number of hydrogen-bond acceptors (Lipinski definition) is 7. The second-order valence-electron chi connectivity index (χ2n) is 7.28. The maximum atomic E-state index is 12.3. The van der Waals surface area contributed by atoms with E-state index in [1.54, 1.807) is 17.6 Å². The summed E-state index contributed by atoms with van der Waals surface area (Å²) in [7, 11) is 0. The highest BCUT2D eigenvalue weighted by Crippen LogP contribution is 2.25. The second kappa shape index (κ2) is 9.72. The van der Waals surface area contributed by atoms with Crippen LogP contribution in [0.3, 0.4) is 0 Å². The maximum Gasteiger partial charge on any atom is 0.573 e. The first kappa shape index (κ1) is 22.3. The monoisotopic (exact) mass is 466 g/mol. The molecule has 32 heavy (non-hydrogen) atoms. The van der Waals surface area contributed by atoms with Gasteiger partial charge in [0.2, 0.25) is 5.91 Å². The summed E-state index contributed by atoms with van der Waals surface area (Å²) in [4.78, 5) is 21.2. The number of carbonyl (C=O) groups is 1. The van der Waals surface area contributed by atoms with Crippen molar-refractivity contribution in [3.8, 4) is 17.2 Å². The Labute approximate surface area is 186 Å². The van der Waals surface area contributed by atoms with Crippen LogP contribution < -0.4 is 10.1 Å². The Morgan fingerprint density at radius 3 is 2.50 bits per heavy atom. The molecule has 1 aliphatic rings. The van der Waals surface area contributed by atoms with E-state index in [2.05, 4.69) is 19.9 Å². The normalized spacial score (nSPS) is 15.6. The van der Waals surface area contributed by atoms with Crippen LogP contribution >= 0.6 is 11.3 Å². The first-order chi connectivity index (χ1) is 15.3. The number of anilines is 1. The molecule has 3 aromatic rings. The minimum atomic E-state index is -4.74. The van der Waals surface area contributed by atoms with E-state index in [-0.39, 0.29) is 18.2 Å². The van der Waals surface area contributed by atoms with Crippen LogP contribution in [0.1, 0.15) is 5.01 Å². The molecule has 1 aromatic carbocycles. The lowest BCUT2D eigenvalue weighted by molar-refractivity contribution is -0.274. The first-order valence-corrected chi connectivity index (χ1v) is 10.8. The highest BCUT2D eigenvalue weighted by molar-refractivity contribution is 7.09. The molecule has 0 atom stereocenters.